The van der Waals surface area contributed by atoms with Crippen molar-refractivity contribution in [1.82, 2.24) is 0 Å². The fourth-order valence-electron chi connectivity index (χ4n) is 1.59. The molecule has 0 unspecified atom stereocenters. The quantitative estimate of drug-likeness (QED) is 0.812. The Balaban J connectivity index is 3.25. The summed E-state index contributed by atoms with van der Waals surface area (Å²) in [4.78, 5) is 0. The maximum Gasteiger partial charge on any atom is 0.237 e. The van der Waals surface area contributed by atoms with Crippen molar-refractivity contribution in [1.29, 1.82) is 0 Å². The average Bonchev–Trinajstić information content (AvgIpc) is 2.21. The number of para-hydroxylation sites is 1. The number of hydrogen-bond acceptors (Lipinski definition) is 2. The third-order valence-electron chi connectivity index (χ3n) is 2.57. The van der Waals surface area contributed by atoms with Crippen molar-refractivity contribution in [2.75, 3.05) is 10.8 Å². The highest BCUT2D eigenvalue weighted by Gasteiger charge is 2.25. The lowest BCUT2D eigenvalue weighted by atomic mass is 10.2. The fourth-order valence-corrected chi connectivity index (χ4v) is 2.93. The van der Waals surface area contributed by atoms with E-state index >= 15 is 0 Å². The zero-order valence-corrected chi connectivity index (χ0v) is 11.1. The third kappa shape index (κ3) is 2.38. The molecule has 16 heavy (non-hydrogen) atoms. The Bertz CT molecular complexity index is 452. The molecule has 3 nitrogen and oxygen atoms in total. The molecule has 0 aromatic heterocycles. The molecule has 0 aliphatic heterocycles. The van der Waals surface area contributed by atoms with E-state index in [1.54, 1.807) is 13.8 Å². The molecule has 0 bridgehead atoms. The second-order valence-corrected chi connectivity index (χ2v) is 6.46. The number of hydrogen-bond donors (Lipinski definition) is 0. The Labute approximate surface area is 98.1 Å². The predicted octanol–water partition coefficient (Wildman–Crippen LogP) is 2.56. The van der Waals surface area contributed by atoms with E-state index in [9.17, 15) is 8.42 Å². The molecule has 0 amide bonds. The first-order chi connectivity index (χ1) is 7.41. The van der Waals surface area contributed by atoms with Crippen molar-refractivity contribution >= 4 is 15.7 Å². The maximum absolute atomic E-state index is 12.1. The van der Waals surface area contributed by atoms with Crippen LogP contribution in [0.25, 0.3) is 0 Å². The van der Waals surface area contributed by atoms with Crippen LogP contribution in [0, 0.1) is 6.92 Å². The van der Waals surface area contributed by atoms with Crippen LogP contribution in [0.3, 0.4) is 0 Å². The lowest BCUT2D eigenvalue weighted by Gasteiger charge is -2.26. The first-order valence-electron chi connectivity index (χ1n) is 5.48. The Hall–Kier alpha value is -1.03. The first kappa shape index (κ1) is 13.0. The average molecular weight is 241 g/mol. The summed E-state index contributed by atoms with van der Waals surface area (Å²) in [5, 5.41) is -0.396. The van der Waals surface area contributed by atoms with E-state index in [-0.39, 0.29) is 0 Å². The summed E-state index contributed by atoms with van der Waals surface area (Å²) >= 11 is 0. The van der Waals surface area contributed by atoms with Crippen LogP contribution in [0.4, 0.5) is 5.69 Å². The Kier molecular flexibility index (Phi) is 3.97. The number of aryl methyl sites for hydroxylation is 1. The standard InChI is InChI=1S/C12H19NO2S/c1-5-13(16(14,15)10(2)3)12-9-7-6-8-11(12)4/h6-10H,5H2,1-4H3. The molecule has 1 aromatic rings. The molecular weight excluding hydrogens is 222 g/mol. The second-order valence-electron chi connectivity index (χ2n) is 4.04. The van der Waals surface area contributed by atoms with E-state index in [0.717, 1.165) is 11.3 Å². The molecule has 90 valence electrons. The molecule has 1 aromatic carbocycles. The zero-order valence-electron chi connectivity index (χ0n) is 10.3. The van der Waals surface area contributed by atoms with Gasteiger partial charge in [0.15, 0.2) is 0 Å². The normalized spacial score (nSPS) is 11.8. The highest BCUT2D eigenvalue weighted by molar-refractivity contribution is 7.93. The molecule has 0 spiro atoms. The van der Waals surface area contributed by atoms with Gasteiger partial charge in [-0.25, -0.2) is 8.42 Å². The minimum absolute atomic E-state index is 0.396. The fraction of sp³-hybridized carbons (Fsp3) is 0.500. The second kappa shape index (κ2) is 4.87. The van der Waals surface area contributed by atoms with Crippen molar-refractivity contribution in [3.8, 4) is 0 Å². The topological polar surface area (TPSA) is 37.4 Å². The molecule has 0 heterocycles. The van der Waals surface area contributed by atoms with Crippen LogP contribution in [0.5, 0.6) is 0 Å². The molecule has 0 saturated heterocycles. The van der Waals surface area contributed by atoms with E-state index in [4.69, 9.17) is 0 Å². The number of benzene rings is 1. The van der Waals surface area contributed by atoms with Gasteiger partial charge in [-0.1, -0.05) is 18.2 Å². The molecule has 0 saturated carbocycles. The van der Waals surface area contributed by atoms with E-state index in [1.165, 1.54) is 4.31 Å². The summed E-state index contributed by atoms with van der Waals surface area (Å²) in [6, 6.07) is 7.54. The summed E-state index contributed by atoms with van der Waals surface area (Å²) in [5.41, 5.74) is 1.76. The number of anilines is 1. The summed E-state index contributed by atoms with van der Waals surface area (Å²) in [6.45, 7) is 7.65. The SMILES string of the molecule is CCN(c1ccccc1C)S(=O)(=O)C(C)C. The first-order valence-corrected chi connectivity index (χ1v) is 6.98. The van der Waals surface area contributed by atoms with Crippen LogP contribution < -0.4 is 4.31 Å². The lowest BCUT2D eigenvalue weighted by molar-refractivity contribution is 0.583. The minimum Gasteiger partial charge on any atom is -0.270 e. The Morgan fingerprint density at radius 1 is 1.25 bits per heavy atom. The van der Waals surface area contributed by atoms with Crippen molar-refractivity contribution in [2.45, 2.75) is 32.9 Å². The molecule has 4 heteroatoms. The van der Waals surface area contributed by atoms with Crippen LogP contribution in [-0.4, -0.2) is 20.2 Å². The maximum atomic E-state index is 12.1. The van der Waals surface area contributed by atoms with Crippen LogP contribution in [0.1, 0.15) is 26.3 Å². The largest absolute Gasteiger partial charge is 0.270 e. The van der Waals surface area contributed by atoms with Crippen LogP contribution in [0.2, 0.25) is 0 Å². The van der Waals surface area contributed by atoms with Gasteiger partial charge in [0.2, 0.25) is 10.0 Å². The summed E-state index contributed by atoms with van der Waals surface area (Å²) in [7, 11) is -3.23. The molecule has 0 aliphatic rings. The van der Waals surface area contributed by atoms with Crippen molar-refractivity contribution in [3.05, 3.63) is 29.8 Å². The highest BCUT2D eigenvalue weighted by atomic mass is 32.2. The lowest BCUT2D eigenvalue weighted by Crippen LogP contribution is -2.36. The van der Waals surface area contributed by atoms with Gasteiger partial charge in [0.05, 0.1) is 10.9 Å². The summed E-state index contributed by atoms with van der Waals surface area (Å²) in [6.07, 6.45) is 0. The van der Waals surface area contributed by atoms with Gasteiger partial charge in [0.1, 0.15) is 0 Å². The minimum atomic E-state index is -3.23. The van der Waals surface area contributed by atoms with E-state index in [0.29, 0.717) is 6.54 Å². The van der Waals surface area contributed by atoms with Crippen LogP contribution in [0.15, 0.2) is 24.3 Å². The molecule has 1 rings (SSSR count). The zero-order chi connectivity index (χ0) is 12.3. The number of nitrogens with zero attached hydrogens (tertiary/aromatic N) is 1. The molecule has 0 aliphatic carbocycles. The monoisotopic (exact) mass is 241 g/mol. The van der Waals surface area contributed by atoms with Gasteiger partial charge in [0, 0.05) is 6.54 Å². The van der Waals surface area contributed by atoms with Gasteiger partial charge >= 0.3 is 0 Å². The third-order valence-corrected chi connectivity index (χ3v) is 4.83. The predicted molar refractivity (Wildman–Crippen MR) is 68.3 cm³/mol. The molecular formula is C12H19NO2S. The van der Waals surface area contributed by atoms with Gasteiger partial charge in [0.25, 0.3) is 0 Å². The smallest absolute Gasteiger partial charge is 0.237 e. The Morgan fingerprint density at radius 2 is 1.81 bits per heavy atom. The van der Waals surface area contributed by atoms with Gasteiger partial charge in [-0.2, -0.15) is 0 Å². The Morgan fingerprint density at radius 3 is 2.25 bits per heavy atom. The van der Waals surface area contributed by atoms with Gasteiger partial charge in [-0.05, 0) is 39.3 Å². The van der Waals surface area contributed by atoms with Crippen molar-refractivity contribution in [2.24, 2.45) is 0 Å². The number of sulfonamides is 1. The molecule has 0 atom stereocenters. The van der Waals surface area contributed by atoms with Crippen LogP contribution in [-0.2, 0) is 10.0 Å². The summed E-state index contributed by atoms with van der Waals surface area (Å²) < 4.78 is 25.8. The number of rotatable bonds is 4. The van der Waals surface area contributed by atoms with Gasteiger partial charge in [-0.3, -0.25) is 4.31 Å². The van der Waals surface area contributed by atoms with Crippen LogP contribution >= 0.6 is 0 Å². The van der Waals surface area contributed by atoms with Gasteiger partial charge < -0.3 is 0 Å². The van der Waals surface area contributed by atoms with Crippen molar-refractivity contribution in [3.63, 3.8) is 0 Å². The highest BCUT2D eigenvalue weighted by Crippen LogP contribution is 2.23. The molecule has 0 N–H and O–H groups in total. The van der Waals surface area contributed by atoms with E-state index in [2.05, 4.69) is 0 Å². The summed E-state index contributed by atoms with van der Waals surface area (Å²) in [5.74, 6) is 0. The molecule has 0 radical (unpaired) electrons. The molecule has 0 fully saturated rings. The van der Waals surface area contributed by atoms with E-state index < -0.39 is 15.3 Å². The van der Waals surface area contributed by atoms with E-state index in [1.807, 2.05) is 38.1 Å². The van der Waals surface area contributed by atoms with Crippen molar-refractivity contribution < 1.29 is 8.42 Å². The van der Waals surface area contributed by atoms with Gasteiger partial charge in [-0.15, -0.1) is 0 Å².